The summed E-state index contributed by atoms with van der Waals surface area (Å²) in [5, 5.41) is 0. The fourth-order valence-electron chi connectivity index (χ4n) is 0.832. The van der Waals surface area contributed by atoms with E-state index in [1.807, 2.05) is 6.92 Å². The van der Waals surface area contributed by atoms with Crippen LogP contribution in [0, 0.1) is 0 Å². The first-order valence-electron chi connectivity index (χ1n) is 4.98. The SMILES string of the molecule is CCOC[Si](C)(C)CO[Si](C)(C)C. The van der Waals surface area contributed by atoms with Crippen LogP contribution in [0.2, 0.25) is 32.7 Å². The zero-order valence-corrected chi connectivity index (χ0v) is 11.9. The molecule has 0 saturated carbocycles. The Morgan fingerprint density at radius 2 is 1.46 bits per heavy atom. The Kier molecular flexibility index (Phi) is 5.43. The highest BCUT2D eigenvalue weighted by Crippen LogP contribution is 2.09. The van der Waals surface area contributed by atoms with E-state index < -0.39 is 16.4 Å². The van der Waals surface area contributed by atoms with Crippen molar-refractivity contribution >= 4 is 16.4 Å². The summed E-state index contributed by atoms with van der Waals surface area (Å²) in [6, 6.07) is 0. The van der Waals surface area contributed by atoms with Crippen LogP contribution in [0.4, 0.5) is 0 Å². The second-order valence-electron chi connectivity index (χ2n) is 5.20. The molecule has 13 heavy (non-hydrogen) atoms. The van der Waals surface area contributed by atoms with Gasteiger partial charge in [0.1, 0.15) is 8.07 Å². The van der Waals surface area contributed by atoms with E-state index in [-0.39, 0.29) is 0 Å². The maximum absolute atomic E-state index is 5.91. The molecule has 0 spiro atoms. The Bertz CT molecular complexity index is 141. The van der Waals surface area contributed by atoms with E-state index in [9.17, 15) is 0 Å². The maximum atomic E-state index is 5.91. The summed E-state index contributed by atoms with van der Waals surface area (Å²) >= 11 is 0. The first-order chi connectivity index (χ1) is 5.77. The Labute approximate surface area is 84.8 Å². The molecule has 0 aromatic heterocycles. The largest absolute Gasteiger partial charge is 0.421 e. The van der Waals surface area contributed by atoms with Crippen molar-refractivity contribution in [3.8, 4) is 0 Å². The van der Waals surface area contributed by atoms with Gasteiger partial charge in [0.15, 0.2) is 8.32 Å². The van der Waals surface area contributed by atoms with Crippen molar-refractivity contribution in [2.24, 2.45) is 0 Å². The molecule has 0 amide bonds. The number of hydrogen-bond acceptors (Lipinski definition) is 2. The topological polar surface area (TPSA) is 18.5 Å². The molecule has 4 heteroatoms. The first kappa shape index (κ1) is 13.4. The Morgan fingerprint density at radius 3 is 1.85 bits per heavy atom. The minimum absolute atomic E-state index is 0.823. The van der Waals surface area contributed by atoms with Crippen LogP contribution >= 0.6 is 0 Å². The van der Waals surface area contributed by atoms with Gasteiger partial charge in [0.05, 0.1) is 0 Å². The summed E-state index contributed by atoms with van der Waals surface area (Å²) in [6.45, 7) is 14.2. The van der Waals surface area contributed by atoms with Crippen LogP contribution in [0.1, 0.15) is 6.92 Å². The molecule has 0 atom stereocenters. The molecule has 0 aromatic carbocycles. The van der Waals surface area contributed by atoms with Crippen molar-refractivity contribution < 1.29 is 9.16 Å². The average Bonchev–Trinajstić information content (AvgIpc) is 1.97. The van der Waals surface area contributed by atoms with Crippen LogP contribution in [0.5, 0.6) is 0 Å². The number of hydrogen-bond donors (Lipinski definition) is 0. The molecule has 0 unspecified atom stereocenters. The van der Waals surface area contributed by atoms with E-state index in [2.05, 4.69) is 32.7 Å². The lowest BCUT2D eigenvalue weighted by atomic mass is 10.9. The molecule has 0 rings (SSSR count). The summed E-state index contributed by atoms with van der Waals surface area (Å²) < 4.78 is 11.4. The summed E-state index contributed by atoms with van der Waals surface area (Å²) in [4.78, 5) is 0. The lowest BCUT2D eigenvalue weighted by Crippen LogP contribution is -2.43. The highest BCUT2D eigenvalue weighted by molar-refractivity contribution is 6.78. The van der Waals surface area contributed by atoms with Gasteiger partial charge in [-0.1, -0.05) is 13.1 Å². The molecule has 0 heterocycles. The Hall–Kier alpha value is 0.354. The van der Waals surface area contributed by atoms with E-state index in [1.54, 1.807) is 0 Å². The van der Waals surface area contributed by atoms with Crippen molar-refractivity contribution in [2.75, 3.05) is 19.1 Å². The zero-order valence-electron chi connectivity index (χ0n) is 9.94. The van der Waals surface area contributed by atoms with Crippen molar-refractivity contribution in [1.29, 1.82) is 0 Å². The van der Waals surface area contributed by atoms with Gasteiger partial charge in [0, 0.05) is 19.1 Å². The molecule has 2 nitrogen and oxygen atoms in total. The molecule has 0 bridgehead atoms. The third-order valence-electron chi connectivity index (χ3n) is 1.59. The highest BCUT2D eigenvalue weighted by Gasteiger charge is 2.25. The molecule has 0 aliphatic rings. The monoisotopic (exact) mass is 220 g/mol. The van der Waals surface area contributed by atoms with Gasteiger partial charge in [-0.15, -0.1) is 0 Å². The van der Waals surface area contributed by atoms with Crippen molar-refractivity contribution in [1.82, 2.24) is 0 Å². The van der Waals surface area contributed by atoms with Gasteiger partial charge in [-0.25, -0.2) is 0 Å². The second-order valence-corrected chi connectivity index (χ2v) is 14.6. The predicted molar refractivity (Wildman–Crippen MR) is 63.3 cm³/mol. The lowest BCUT2D eigenvalue weighted by molar-refractivity contribution is 0.185. The molecular formula is C9H24O2Si2. The molecule has 0 N–H and O–H groups in total. The van der Waals surface area contributed by atoms with Gasteiger partial charge < -0.3 is 9.16 Å². The van der Waals surface area contributed by atoms with Crippen molar-refractivity contribution in [2.45, 2.75) is 39.7 Å². The molecule has 0 fully saturated rings. The molecule has 0 aliphatic carbocycles. The van der Waals surface area contributed by atoms with Gasteiger partial charge >= 0.3 is 0 Å². The average molecular weight is 220 g/mol. The summed E-state index contributed by atoms with van der Waals surface area (Å²) in [6.07, 6.45) is 1.87. The Balaban J connectivity index is 3.75. The fraction of sp³-hybridized carbons (Fsp3) is 1.00. The van der Waals surface area contributed by atoms with E-state index in [1.165, 1.54) is 0 Å². The summed E-state index contributed by atoms with van der Waals surface area (Å²) in [5.74, 6) is 0. The maximum Gasteiger partial charge on any atom is 0.183 e. The van der Waals surface area contributed by atoms with Crippen molar-refractivity contribution in [3.63, 3.8) is 0 Å². The second kappa shape index (κ2) is 5.29. The number of ether oxygens (including phenoxy) is 1. The van der Waals surface area contributed by atoms with Gasteiger partial charge in [-0.3, -0.25) is 0 Å². The Morgan fingerprint density at radius 1 is 0.923 bits per heavy atom. The summed E-state index contributed by atoms with van der Waals surface area (Å²) in [5.41, 5.74) is 0. The quantitative estimate of drug-likeness (QED) is 0.641. The molecular weight excluding hydrogens is 196 g/mol. The third kappa shape index (κ3) is 8.68. The fourth-order valence-corrected chi connectivity index (χ4v) is 4.97. The van der Waals surface area contributed by atoms with Gasteiger partial charge in [-0.2, -0.15) is 0 Å². The molecule has 0 aliphatic heterocycles. The lowest BCUT2D eigenvalue weighted by Gasteiger charge is -2.26. The van der Waals surface area contributed by atoms with Crippen LogP contribution in [0.3, 0.4) is 0 Å². The smallest absolute Gasteiger partial charge is 0.183 e. The number of rotatable bonds is 6. The highest BCUT2D eigenvalue weighted by atomic mass is 28.4. The van der Waals surface area contributed by atoms with Gasteiger partial charge in [0.2, 0.25) is 0 Å². The van der Waals surface area contributed by atoms with Crippen LogP contribution in [-0.4, -0.2) is 35.5 Å². The van der Waals surface area contributed by atoms with E-state index >= 15 is 0 Å². The summed E-state index contributed by atoms with van der Waals surface area (Å²) in [7, 11) is -2.57. The van der Waals surface area contributed by atoms with Crippen LogP contribution in [-0.2, 0) is 9.16 Å². The predicted octanol–water partition coefficient (Wildman–Crippen LogP) is 2.66. The van der Waals surface area contributed by atoms with Crippen molar-refractivity contribution in [3.05, 3.63) is 0 Å². The minimum atomic E-state index is -1.33. The first-order valence-corrected chi connectivity index (χ1v) is 11.8. The molecule has 80 valence electrons. The molecule has 0 aromatic rings. The van der Waals surface area contributed by atoms with Gasteiger partial charge in [0.25, 0.3) is 0 Å². The van der Waals surface area contributed by atoms with E-state index in [4.69, 9.17) is 9.16 Å². The molecule has 0 radical (unpaired) electrons. The standard InChI is InChI=1S/C9H24O2Si2/c1-7-10-8-13(5,6)9-11-12(2,3)4/h7-9H2,1-6H3. The van der Waals surface area contributed by atoms with Crippen LogP contribution in [0.25, 0.3) is 0 Å². The van der Waals surface area contributed by atoms with E-state index in [0.717, 1.165) is 19.1 Å². The van der Waals surface area contributed by atoms with E-state index in [0.29, 0.717) is 0 Å². The zero-order chi connectivity index (χ0) is 10.5. The normalized spacial score (nSPS) is 13.4. The van der Waals surface area contributed by atoms with Gasteiger partial charge in [-0.05, 0) is 26.6 Å². The van der Waals surface area contributed by atoms with Crippen LogP contribution < -0.4 is 0 Å². The van der Waals surface area contributed by atoms with Crippen LogP contribution in [0.15, 0.2) is 0 Å². The minimum Gasteiger partial charge on any atom is -0.421 e. The molecule has 0 saturated heterocycles. The third-order valence-corrected chi connectivity index (χ3v) is 4.80.